The standard InChI is InChI=1S/C6H6Cl2N4/c1-12-2-9-5-3(12)4(7)10-6(8)11-5/h2-3,5H,1H3. The van der Waals surface area contributed by atoms with Gasteiger partial charge in [0.05, 0.1) is 6.34 Å². The van der Waals surface area contributed by atoms with Crippen molar-refractivity contribution >= 4 is 40.0 Å². The van der Waals surface area contributed by atoms with E-state index in [9.17, 15) is 0 Å². The Morgan fingerprint density at radius 3 is 3.00 bits per heavy atom. The van der Waals surface area contributed by atoms with Gasteiger partial charge in [0.15, 0.2) is 6.17 Å². The topological polar surface area (TPSA) is 40.3 Å². The molecule has 0 aliphatic carbocycles. The molecule has 0 N–H and O–H groups in total. The summed E-state index contributed by atoms with van der Waals surface area (Å²) in [6, 6.07) is -0.0610. The van der Waals surface area contributed by atoms with Crippen molar-refractivity contribution in [3.05, 3.63) is 0 Å². The molecule has 0 fully saturated rings. The van der Waals surface area contributed by atoms with Crippen LogP contribution in [0.2, 0.25) is 0 Å². The van der Waals surface area contributed by atoms with Crippen LogP contribution in [0.4, 0.5) is 0 Å². The summed E-state index contributed by atoms with van der Waals surface area (Å²) in [5.74, 6) is 0. The molecule has 0 saturated carbocycles. The first-order chi connectivity index (χ1) is 5.68. The van der Waals surface area contributed by atoms with Crippen LogP contribution in [0.15, 0.2) is 15.0 Å². The van der Waals surface area contributed by atoms with Gasteiger partial charge in [0.1, 0.15) is 11.2 Å². The molecule has 64 valence electrons. The van der Waals surface area contributed by atoms with Crippen LogP contribution in [0, 0.1) is 0 Å². The maximum Gasteiger partial charge on any atom is 0.221 e. The van der Waals surface area contributed by atoms with E-state index in [2.05, 4.69) is 15.0 Å². The second-order valence-corrected chi connectivity index (χ2v) is 3.35. The van der Waals surface area contributed by atoms with Crippen LogP contribution in [-0.4, -0.2) is 41.0 Å². The molecule has 0 spiro atoms. The summed E-state index contributed by atoms with van der Waals surface area (Å²) in [6.07, 6.45) is 1.47. The number of hydrogen-bond donors (Lipinski definition) is 0. The molecule has 0 aromatic rings. The fraction of sp³-hybridized carbons (Fsp3) is 0.500. The zero-order valence-electron chi connectivity index (χ0n) is 6.28. The van der Waals surface area contributed by atoms with Gasteiger partial charge in [0.2, 0.25) is 5.29 Å². The Hall–Kier alpha value is -0.610. The zero-order chi connectivity index (χ0) is 8.72. The molecular weight excluding hydrogens is 199 g/mol. The van der Waals surface area contributed by atoms with Crippen molar-refractivity contribution in [3.8, 4) is 0 Å². The van der Waals surface area contributed by atoms with Crippen LogP contribution < -0.4 is 0 Å². The van der Waals surface area contributed by atoms with Crippen LogP contribution in [0.1, 0.15) is 0 Å². The summed E-state index contributed by atoms with van der Waals surface area (Å²) in [6.45, 7) is 0. The summed E-state index contributed by atoms with van der Waals surface area (Å²) in [7, 11) is 1.88. The maximum absolute atomic E-state index is 5.87. The van der Waals surface area contributed by atoms with Gasteiger partial charge in [-0.2, -0.15) is 0 Å². The van der Waals surface area contributed by atoms with E-state index >= 15 is 0 Å². The lowest BCUT2D eigenvalue weighted by Crippen LogP contribution is -2.40. The lowest BCUT2D eigenvalue weighted by atomic mass is 10.2. The van der Waals surface area contributed by atoms with Gasteiger partial charge < -0.3 is 4.90 Å². The minimum absolute atomic E-state index is 0.0610. The number of amidine groups is 1. The molecule has 0 amide bonds. The number of halogens is 2. The van der Waals surface area contributed by atoms with E-state index in [0.717, 1.165) is 0 Å². The summed E-state index contributed by atoms with van der Waals surface area (Å²) >= 11 is 11.5. The summed E-state index contributed by atoms with van der Waals surface area (Å²) in [5.41, 5.74) is 0. The van der Waals surface area contributed by atoms with Crippen LogP contribution in [0.3, 0.4) is 0 Å². The van der Waals surface area contributed by atoms with Crippen molar-refractivity contribution in [1.82, 2.24) is 4.90 Å². The molecule has 2 unspecified atom stereocenters. The molecule has 2 aliphatic rings. The molecule has 0 saturated heterocycles. The van der Waals surface area contributed by atoms with Crippen molar-refractivity contribution in [2.45, 2.75) is 12.2 Å². The third-order valence-corrected chi connectivity index (χ3v) is 2.29. The van der Waals surface area contributed by atoms with Gasteiger partial charge in [-0.05, 0) is 11.6 Å². The van der Waals surface area contributed by atoms with E-state index in [1.54, 1.807) is 6.34 Å². The Kier molecular flexibility index (Phi) is 1.81. The van der Waals surface area contributed by atoms with E-state index in [0.29, 0.717) is 5.17 Å². The van der Waals surface area contributed by atoms with Crippen molar-refractivity contribution in [1.29, 1.82) is 0 Å². The Morgan fingerprint density at radius 1 is 1.50 bits per heavy atom. The Balaban J connectivity index is 2.34. The first-order valence-corrected chi connectivity index (χ1v) is 4.16. The van der Waals surface area contributed by atoms with Gasteiger partial charge >= 0.3 is 0 Å². The molecule has 6 heteroatoms. The Morgan fingerprint density at radius 2 is 2.25 bits per heavy atom. The largest absolute Gasteiger partial charge is 0.352 e. The van der Waals surface area contributed by atoms with Gasteiger partial charge in [-0.1, -0.05) is 11.6 Å². The molecule has 12 heavy (non-hydrogen) atoms. The molecule has 0 aromatic carbocycles. The normalized spacial score (nSPS) is 33.1. The van der Waals surface area contributed by atoms with Crippen LogP contribution in [0.25, 0.3) is 0 Å². The third kappa shape index (κ3) is 1.11. The molecule has 4 nitrogen and oxygen atoms in total. The molecule has 0 bridgehead atoms. The summed E-state index contributed by atoms with van der Waals surface area (Å²) in [4.78, 5) is 13.8. The van der Waals surface area contributed by atoms with Crippen molar-refractivity contribution < 1.29 is 0 Å². The number of fused-ring (bicyclic) bond motifs is 1. The zero-order valence-corrected chi connectivity index (χ0v) is 7.79. The quantitative estimate of drug-likeness (QED) is 0.541. The second-order valence-electron chi connectivity index (χ2n) is 2.62. The fourth-order valence-electron chi connectivity index (χ4n) is 1.22. The molecule has 0 aromatic heterocycles. The van der Waals surface area contributed by atoms with Gasteiger partial charge in [0, 0.05) is 7.05 Å². The molecule has 2 rings (SSSR count). The van der Waals surface area contributed by atoms with E-state index < -0.39 is 0 Å². The highest BCUT2D eigenvalue weighted by molar-refractivity contribution is 6.73. The van der Waals surface area contributed by atoms with Crippen molar-refractivity contribution in [3.63, 3.8) is 0 Å². The predicted molar refractivity (Wildman–Crippen MR) is 50.4 cm³/mol. The number of rotatable bonds is 0. The highest BCUT2D eigenvalue weighted by Gasteiger charge is 2.34. The van der Waals surface area contributed by atoms with Gasteiger partial charge in [0.25, 0.3) is 0 Å². The smallest absolute Gasteiger partial charge is 0.221 e. The van der Waals surface area contributed by atoms with E-state index in [4.69, 9.17) is 23.2 Å². The average Bonchev–Trinajstić information content (AvgIpc) is 2.31. The number of likely N-dealkylation sites (N-methyl/N-ethyl adjacent to an activating group) is 1. The minimum atomic E-state index is -0.215. The summed E-state index contributed by atoms with van der Waals surface area (Å²) in [5, 5.41) is 0.619. The highest BCUT2D eigenvalue weighted by Crippen LogP contribution is 2.21. The SMILES string of the molecule is CN1C=NC2N=C(Cl)N=C(Cl)C21. The van der Waals surface area contributed by atoms with Crippen molar-refractivity contribution in [2.75, 3.05) is 7.05 Å². The van der Waals surface area contributed by atoms with E-state index in [-0.39, 0.29) is 17.5 Å². The van der Waals surface area contributed by atoms with Crippen molar-refractivity contribution in [2.24, 2.45) is 15.0 Å². The van der Waals surface area contributed by atoms with Crippen LogP contribution in [-0.2, 0) is 0 Å². The number of aliphatic imine (C=N–C) groups is 3. The minimum Gasteiger partial charge on any atom is -0.352 e. The van der Waals surface area contributed by atoms with Gasteiger partial charge in [-0.15, -0.1) is 0 Å². The second kappa shape index (κ2) is 2.71. The first kappa shape index (κ1) is 8.01. The number of hydrogen-bond acceptors (Lipinski definition) is 4. The molecular formula is C6H6Cl2N4. The number of nitrogens with zero attached hydrogens (tertiary/aromatic N) is 4. The predicted octanol–water partition coefficient (Wildman–Crippen LogP) is 0.900. The monoisotopic (exact) mass is 204 g/mol. The van der Waals surface area contributed by atoms with Gasteiger partial charge in [-0.25, -0.2) is 15.0 Å². The molecule has 2 heterocycles. The lowest BCUT2D eigenvalue weighted by Gasteiger charge is -2.23. The molecule has 0 radical (unpaired) electrons. The fourth-order valence-corrected chi connectivity index (χ4v) is 1.81. The molecule has 2 atom stereocenters. The third-order valence-electron chi connectivity index (χ3n) is 1.80. The van der Waals surface area contributed by atoms with Gasteiger partial charge in [-0.3, -0.25) is 0 Å². The Labute approximate surface area is 79.6 Å². The molecule has 2 aliphatic heterocycles. The van der Waals surface area contributed by atoms with E-state index in [1.165, 1.54) is 0 Å². The Bertz CT molecular complexity index is 296. The summed E-state index contributed by atoms with van der Waals surface area (Å²) < 4.78 is 0. The van der Waals surface area contributed by atoms with Crippen LogP contribution in [0.5, 0.6) is 0 Å². The van der Waals surface area contributed by atoms with Crippen LogP contribution >= 0.6 is 23.2 Å². The first-order valence-electron chi connectivity index (χ1n) is 3.41. The highest BCUT2D eigenvalue weighted by atomic mass is 35.5. The lowest BCUT2D eigenvalue weighted by molar-refractivity contribution is 0.447. The average molecular weight is 205 g/mol. The maximum atomic E-state index is 5.87. The van der Waals surface area contributed by atoms with E-state index in [1.807, 2.05) is 11.9 Å².